The molecule has 1 aromatic rings. The summed E-state index contributed by atoms with van der Waals surface area (Å²) < 4.78 is 98.9. The van der Waals surface area contributed by atoms with Crippen LogP contribution in [0.25, 0.3) is 0 Å². The molecule has 3 aliphatic carbocycles. The third-order valence-electron chi connectivity index (χ3n) is 12.2. The first-order valence-corrected chi connectivity index (χ1v) is 81.6. The fraction of sp³-hybridized carbons (Fsp3) is 0.651. The van der Waals surface area contributed by atoms with Gasteiger partial charge in [-0.3, -0.25) is 4.79 Å². The number of rotatable bonds is 33. The standard InChI is InChI=1S/C11H24O3Si3.C9H18O3Si.C9H18OSi.C9H16OSi.C8H16O3Si.C8H14O2Si.C8H16OSi.C7H12O2Si.C7H14OSi.C5H12OSi.C4H12Si.CH2O/c1-6-15(12)9-11(10-16(13)7-2)8-14-17(3,4)5;1-8(2)9(10)11-6-7-12-13(3,4)5;2*1-11(2,3)10-9-7-5-4-6-8-9;1-7(6-8(9)10-2)11-12(3,4)5;1-4-11(10)6-7(2)5-8(3)9;1-10(2,3)9-8-6-4-5-7-8;1-10(2,3)9-7-5-4-6-8-7;1-6-7(2)8-9(3,4)5;1-5-6-7(2,3)4;1-5(2,3)4;1-2/h8H,6-7,9-10H2,1-5H3;1,6-7H2,2-5H3;7H,4-6,8H2,1-3H3;5,7-8H,4,6H2,1-3H3;6H,1-5H3;5H,4,6H2,1-3H3;6H,4-5,7H2,1-3H3;4-6H,1-3H3;6H,1-2H2,3-5H3;5H,1H2,2-4H3;1-4H3;1H2. The molecule has 1 heterocycles. The molecule has 0 radical (unpaired) electrons. The van der Waals surface area contributed by atoms with E-state index in [1.54, 1.807) is 38.5 Å². The largest absolute Gasteiger partial charge is 0.550 e. The van der Waals surface area contributed by atoms with Gasteiger partial charge in [0.25, 0.3) is 32.0 Å². The smallest absolute Gasteiger partial charge is 0.333 e. The van der Waals surface area contributed by atoms with Crippen molar-refractivity contribution in [3.8, 4) is 5.95 Å². The predicted octanol–water partition coefficient (Wildman–Crippen LogP) is 27.5. The summed E-state index contributed by atoms with van der Waals surface area (Å²) in [5.41, 5.74) is 2.33. The van der Waals surface area contributed by atoms with Crippen LogP contribution in [-0.2, 0) is 77.4 Å². The first-order valence-electron chi connectivity index (χ1n) is 41.5. The molecule has 0 saturated carbocycles. The topological polar surface area (TPSA) is 234 Å². The Kier molecular flexibility index (Phi) is 75.0. The van der Waals surface area contributed by atoms with Crippen molar-refractivity contribution >= 4 is 133 Å². The summed E-state index contributed by atoms with van der Waals surface area (Å²) >= 11 is 0. The summed E-state index contributed by atoms with van der Waals surface area (Å²) in [5.74, 6) is 4.86. The lowest BCUT2D eigenvalue weighted by atomic mass is 10.1. The molecule has 0 aromatic carbocycles. The van der Waals surface area contributed by atoms with Crippen LogP contribution < -0.4 is 4.43 Å². The molecule has 3 aliphatic rings. The van der Waals surface area contributed by atoms with E-state index in [0.29, 0.717) is 66.5 Å². The molecular weight excluding hydrogens is 1700 g/mol. The van der Waals surface area contributed by atoms with E-state index >= 15 is 0 Å². The van der Waals surface area contributed by atoms with Crippen LogP contribution in [0.3, 0.4) is 0 Å². The van der Waals surface area contributed by atoms with Crippen LogP contribution in [0.1, 0.15) is 106 Å². The van der Waals surface area contributed by atoms with Crippen LogP contribution in [0, 0.1) is 0 Å². The lowest BCUT2D eigenvalue weighted by Gasteiger charge is -2.23. The highest BCUT2D eigenvalue weighted by Crippen LogP contribution is 2.25. The van der Waals surface area contributed by atoms with Crippen molar-refractivity contribution in [3.05, 3.63) is 151 Å². The average molecular weight is 1880 g/mol. The molecule has 1 aromatic heterocycles. The Hall–Kier alpha value is -4.72. The van der Waals surface area contributed by atoms with Crippen LogP contribution in [-0.4, -0.2) is 154 Å². The van der Waals surface area contributed by atoms with Crippen molar-refractivity contribution in [1.29, 1.82) is 0 Å². The zero-order valence-corrected chi connectivity index (χ0v) is 95.3. The summed E-state index contributed by atoms with van der Waals surface area (Å²) in [6, 6.07) is 7.55. The number of hydrogen-bond donors (Lipinski definition) is 0. The third-order valence-corrected chi connectivity index (χ3v) is 25.2. The number of carbonyl (C=O) groups is 4. The van der Waals surface area contributed by atoms with Crippen LogP contribution in [0.4, 0.5) is 0 Å². The van der Waals surface area contributed by atoms with Gasteiger partial charge in [0.15, 0.2) is 14.1 Å². The third kappa shape index (κ3) is 118. The van der Waals surface area contributed by atoms with Gasteiger partial charge >= 0.3 is 11.9 Å². The fourth-order valence-corrected chi connectivity index (χ4v) is 18.4. The van der Waals surface area contributed by atoms with Crippen molar-refractivity contribution in [2.45, 2.75) is 345 Å². The second-order valence-corrected chi connectivity index (χ2v) is 90.7. The SMILES string of the molecule is C=C(C)C(=O)OCCO[Si](C)(C)C.C=CC(=C)O[Si](C)(C)C.C=CO[Si](C)(C)C.C=O.CC[Si](=O)CC(=CO[Si](C)(C)C)C[Si](=O)CC.CC[Si](=O)CC(C)=CC(C)=O.COC(=O)C=C(C)O[Si](C)(C)C.C[Si](C)(C)C.C[Si](C)(C)OC1=CCCC1.C[Si](C)(C)OC1=CCCC=C1.C[Si](C)(C)OC1=CCCCC1.C[Si](C)(C)Oc1ccco1. The van der Waals surface area contributed by atoms with E-state index in [4.69, 9.17) is 53.8 Å². The maximum absolute atomic E-state index is 11.6. The van der Waals surface area contributed by atoms with E-state index in [-0.39, 0.29) is 17.7 Å². The minimum Gasteiger partial charge on any atom is -0.550 e. The van der Waals surface area contributed by atoms with Gasteiger partial charge < -0.3 is 71.9 Å². The second kappa shape index (κ2) is 68.7. The van der Waals surface area contributed by atoms with Gasteiger partial charge in [-0.15, -0.1) is 0 Å². The summed E-state index contributed by atoms with van der Waals surface area (Å²) in [6.07, 6.45) is 31.4. The quantitative estimate of drug-likeness (QED) is 0.0159. The predicted molar refractivity (Wildman–Crippen MR) is 533 cm³/mol. The van der Waals surface area contributed by atoms with Crippen molar-refractivity contribution in [1.82, 2.24) is 0 Å². The maximum Gasteiger partial charge on any atom is 0.333 e. The normalized spacial score (nSPS) is 13.2. The molecule has 118 heavy (non-hydrogen) atoms. The Morgan fingerprint density at radius 1 is 0.500 bits per heavy atom. The zero-order chi connectivity index (χ0) is 94.4. The van der Waals surface area contributed by atoms with Gasteiger partial charge in [-0.2, -0.15) is 0 Å². The molecule has 0 aliphatic heterocycles. The van der Waals surface area contributed by atoms with Gasteiger partial charge in [-0.25, -0.2) is 9.59 Å². The summed E-state index contributed by atoms with van der Waals surface area (Å²) in [5, 5.41) is 0. The lowest BCUT2D eigenvalue weighted by Crippen LogP contribution is -2.28. The summed E-state index contributed by atoms with van der Waals surface area (Å²) in [4.78, 5) is 40.2. The highest BCUT2D eigenvalue weighted by molar-refractivity contribution is 6.75. The number of methoxy groups -OCH3 is 1. The first-order chi connectivity index (χ1) is 53.3. The van der Waals surface area contributed by atoms with Gasteiger partial charge in [-0.05, 0) is 316 Å². The number of allylic oxidation sites excluding steroid dienone is 12. The molecule has 32 heteroatoms. The van der Waals surface area contributed by atoms with E-state index in [0.717, 1.165) is 29.4 Å². The highest BCUT2D eigenvalue weighted by Gasteiger charge is 2.23. The average Bonchev–Trinajstić information content (AvgIpc) is 1.43. The minimum absolute atomic E-state index is 0.0356. The van der Waals surface area contributed by atoms with Gasteiger partial charge in [-0.1, -0.05) is 84.9 Å². The van der Waals surface area contributed by atoms with Crippen LogP contribution in [0.2, 0.25) is 239 Å². The second-order valence-electron chi connectivity index (χ2n) is 38.3. The van der Waals surface area contributed by atoms with E-state index in [1.165, 1.54) is 89.3 Å². The van der Waals surface area contributed by atoms with Crippen molar-refractivity contribution in [3.63, 3.8) is 0 Å². The molecule has 0 amide bonds. The Balaban J connectivity index is -0.000000189. The monoisotopic (exact) mass is 1870 g/mol. The highest BCUT2D eigenvalue weighted by atomic mass is 28.4. The van der Waals surface area contributed by atoms with Gasteiger partial charge in [0.1, 0.15) is 13.4 Å². The number of carbonyl (C=O) groups excluding carboxylic acids is 4. The molecule has 4 rings (SSSR count). The minimum atomic E-state index is -1.60. The van der Waals surface area contributed by atoms with Gasteiger partial charge in [0.2, 0.25) is 66.5 Å². The van der Waals surface area contributed by atoms with E-state index < -0.39 is 109 Å². The number of ether oxygens (including phenoxy) is 2. The van der Waals surface area contributed by atoms with Crippen LogP contribution in [0.5, 0.6) is 5.95 Å². The Morgan fingerprint density at radius 3 is 1.23 bits per heavy atom. The van der Waals surface area contributed by atoms with Crippen molar-refractivity contribution in [2.24, 2.45) is 0 Å². The molecule has 0 bridgehead atoms. The van der Waals surface area contributed by atoms with Crippen molar-refractivity contribution in [2.75, 3.05) is 20.3 Å². The van der Waals surface area contributed by atoms with Gasteiger partial charge in [0, 0.05) is 50.7 Å². The molecule has 0 spiro atoms. The molecule has 0 N–H and O–H groups in total. The lowest BCUT2D eigenvalue weighted by molar-refractivity contribution is -0.139. The van der Waals surface area contributed by atoms with Crippen LogP contribution in [0.15, 0.2) is 156 Å². The molecule has 0 atom stereocenters. The number of furan rings is 1. The van der Waals surface area contributed by atoms with E-state index in [2.05, 4.69) is 264 Å². The Morgan fingerprint density at radius 2 is 0.932 bits per heavy atom. The molecule has 684 valence electrons. The molecular formula is C86H174O19Si13. The van der Waals surface area contributed by atoms with E-state index in [1.807, 2.05) is 46.6 Å². The Bertz CT molecular complexity index is 3190. The Labute approximate surface area is 737 Å². The number of esters is 2. The van der Waals surface area contributed by atoms with Crippen molar-refractivity contribution < 1.29 is 86.3 Å². The van der Waals surface area contributed by atoms with Crippen LogP contribution >= 0.6 is 0 Å². The van der Waals surface area contributed by atoms with E-state index in [9.17, 15) is 27.8 Å². The van der Waals surface area contributed by atoms with Gasteiger partial charge in [0.05, 0.1) is 67.4 Å². The zero-order valence-electron chi connectivity index (χ0n) is 82.3. The molecule has 0 unspecified atom stereocenters. The molecule has 19 nitrogen and oxygen atoms in total. The fourth-order valence-electron chi connectivity index (χ4n) is 8.09. The maximum atomic E-state index is 11.6. The summed E-state index contributed by atoms with van der Waals surface area (Å²) in [6.45, 7) is 96.6. The summed E-state index contributed by atoms with van der Waals surface area (Å²) in [7, 11) is -16.6. The number of ketones is 1. The number of hydrogen-bond acceptors (Lipinski definition) is 19. The first kappa shape index (κ1) is 129. The molecule has 0 fully saturated rings. The molecule has 0 saturated heterocycles.